The predicted molar refractivity (Wildman–Crippen MR) is 103 cm³/mol. The van der Waals surface area contributed by atoms with Crippen LogP contribution in [0.25, 0.3) is 22.2 Å². The van der Waals surface area contributed by atoms with Gasteiger partial charge in [-0.05, 0) is 42.8 Å². The summed E-state index contributed by atoms with van der Waals surface area (Å²) in [4.78, 5) is 14.6. The molecule has 1 heterocycles. The lowest BCUT2D eigenvalue weighted by molar-refractivity contribution is -0.136. The minimum Gasteiger partial charge on any atom is -0.493 e. The van der Waals surface area contributed by atoms with E-state index in [0.29, 0.717) is 50.3 Å². The standard InChI is InChI=1S/C19H17Cl2NO4/c1-3-26-15-5-4-10(6-16(15)25-2)19-12(9-17(23)24)18-13(21)7-11(20)8-14(18)22-19/h4-8,22H,3,9H2,1-2H3,(H,23,24). The molecule has 0 unspecified atom stereocenters. The Labute approximate surface area is 160 Å². The van der Waals surface area contributed by atoms with Crippen molar-refractivity contribution in [2.24, 2.45) is 0 Å². The Hall–Kier alpha value is -2.37. The molecule has 1 aromatic heterocycles. The highest BCUT2D eigenvalue weighted by atomic mass is 35.5. The van der Waals surface area contributed by atoms with Gasteiger partial charge in [-0.25, -0.2) is 0 Å². The van der Waals surface area contributed by atoms with Gasteiger partial charge in [0.2, 0.25) is 0 Å². The fourth-order valence-corrected chi connectivity index (χ4v) is 3.59. The van der Waals surface area contributed by atoms with Crippen LogP contribution in [0.1, 0.15) is 12.5 Å². The maximum atomic E-state index is 11.4. The number of benzene rings is 2. The molecule has 0 saturated carbocycles. The Balaban J connectivity index is 2.24. The van der Waals surface area contributed by atoms with Gasteiger partial charge in [0.15, 0.2) is 11.5 Å². The molecule has 0 amide bonds. The van der Waals surface area contributed by atoms with Crippen LogP contribution >= 0.6 is 23.2 Å². The third-order valence-electron chi connectivity index (χ3n) is 4.00. The number of halogens is 2. The number of hydrogen-bond acceptors (Lipinski definition) is 3. The lowest BCUT2D eigenvalue weighted by atomic mass is 10.0. The average Bonchev–Trinajstić information content (AvgIpc) is 2.93. The zero-order chi connectivity index (χ0) is 18.8. The predicted octanol–water partition coefficient (Wildman–Crippen LogP) is 5.18. The van der Waals surface area contributed by atoms with Gasteiger partial charge >= 0.3 is 5.97 Å². The topological polar surface area (TPSA) is 71.6 Å². The highest BCUT2D eigenvalue weighted by Crippen LogP contribution is 2.39. The number of hydrogen-bond donors (Lipinski definition) is 2. The number of aromatic amines is 1. The summed E-state index contributed by atoms with van der Waals surface area (Å²) < 4.78 is 10.9. The number of ether oxygens (including phenoxy) is 2. The smallest absolute Gasteiger partial charge is 0.307 e. The highest BCUT2D eigenvalue weighted by Gasteiger charge is 2.20. The molecule has 5 nitrogen and oxygen atoms in total. The van der Waals surface area contributed by atoms with E-state index in [0.717, 1.165) is 5.56 Å². The second-order valence-corrected chi connectivity index (χ2v) is 6.50. The van der Waals surface area contributed by atoms with E-state index < -0.39 is 5.97 Å². The Morgan fingerprint density at radius 2 is 1.96 bits per heavy atom. The summed E-state index contributed by atoms with van der Waals surface area (Å²) in [5.74, 6) is 0.236. The van der Waals surface area contributed by atoms with Crippen LogP contribution in [-0.2, 0) is 11.2 Å². The third-order valence-corrected chi connectivity index (χ3v) is 4.51. The van der Waals surface area contributed by atoms with Gasteiger partial charge in [0.05, 0.1) is 30.9 Å². The van der Waals surface area contributed by atoms with Crippen molar-refractivity contribution in [1.82, 2.24) is 4.98 Å². The van der Waals surface area contributed by atoms with Crippen LogP contribution < -0.4 is 9.47 Å². The lowest BCUT2D eigenvalue weighted by Gasteiger charge is -2.11. The minimum absolute atomic E-state index is 0.174. The summed E-state index contributed by atoms with van der Waals surface area (Å²) in [5.41, 5.74) is 2.71. The monoisotopic (exact) mass is 393 g/mol. The zero-order valence-corrected chi connectivity index (χ0v) is 15.7. The first-order valence-corrected chi connectivity index (χ1v) is 8.72. The number of aliphatic carboxylic acids is 1. The van der Waals surface area contributed by atoms with E-state index in [1.807, 2.05) is 13.0 Å². The summed E-state index contributed by atoms with van der Waals surface area (Å²) in [6.07, 6.45) is -0.174. The van der Waals surface area contributed by atoms with E-state index in [2.05, 4.69) is 4.98 Å². The van der Waals surface area contributed by atoms with Crippen molar-refractivity contribution < 1.29 is 19.4 Å². The van der Waals surface area contributed by atoms with Gasteiger partial charge in [0.1, 0.15) is 0 Å². The number of aromatic nitrogens is 1. The van der Waals surface area contributed by atoms with Crippen LogP contribution in [0.15, 0.2) is 30.3 Å². The van der Waals surface area contributed by atoms with Gasteiger partial charge in [-0.3, -0.25) is 4.79 Å². The molecular weight excluding hydrogens is 377 g/mol. The highest BCUT2D eigenvalue weighted by molar-refractivity contribution is 6.39. The summed E-state index contributed by atoms with van der Waals surface area (Å²) in [7, 11) is 1.56. The summed E-state index contributed by atoms with van der Waals surface area (Å²) >= 11 is 12.4. The molecule has 2 N–H and O–H groups in total. The fourth-order valence-electron chi connectivity index (χ4n) is 2.99. The van der Waals surface area contributed by atoms with Gasteiger partial charge in [-0.2, -0.15) is 0 Å². The molecule has 0 aliphatic heterocycles. The first-order chi connectivity index (χ1) is 12.4. The quantitative estimate of drug-likeness (QED) is 0.605. The van der Waals surface area contributed by atoms with E-state index in [9.17, 15) is 9.90 Å². The molecule has 0 spiro atoms. The van der Waals surface area contributed by atoms with Crippen molar-refractivity contribution >= 4 is 40.1 Å². The number of carbonyl (C=O) groups is 1. The van der Waals surface area contributed by atoms with Crippen molar-refractivity contribution in [2.45, 2.75) is 13.3 Å². The molecule has 3 rings (SSSR count). The Bertz CT molecular complexity index is 981. The molecule has 2 aromatic carbocycles. The summed E-state index contributed by atoms with van der Waals surface area (Å²) in [6.45, 7) is 2.40. The number of carboxylic acid groups (broad SMARTS) is 1. The zero-order valence-electron chi connectivity index (χ0n) is 14.2. The molecule has 0 atom stereocenters. The van der Waals surface area contributed by atoms with Gasteiger partial charge in [0.25, 0.3) is 0 Å². The van der Waals surface area contributed by atoms with Gasteiger partial charge in [0, 0.05) is 21.5 Å². The van der Waals surface area contributed by atoms with Crippen molar-refractivity contribution in [2.75, 3.05) is 13.7 Å². The van der Waals surface area contributed by atoms with E-state index in [1.165, 1.54) is 0 Å². The maximum Gasteiger partial charge on any atom is 0.307 e. The molecule has 0 bridgehead atoms. The third kappa shape index (κ3) is 3.45. The second-order valence-electron chi connectivity index (χ2n) is 5.66. The molecule has 0 fully saturated rings. The van der Waals surface area contributed by atoms with E-state index in [-0.39, 0.29) is 6.42 Å². The van der Waals surface area contributed by atoms with E-state index in [4.69, 9.17) is 32.7 Å². The van der Waals surface area contributed by atoms with Crippen LogP contribution in [0, 0.1) is 0 Å². The van der Waals surface area contributed by atoms with E-state index >= 15 is 0 Å². The number of fused-ring (bicyclic) bond motifs is 1. The Morgan fingerprint density at radius 1 is 1.19 bits per heavy atom. The van der Waals surface area contributed by atoms with Crippen LogP contribution in [0.3, 0.4) is 0 Å². The molecule has 0 aliphatic carbocycles. The maximum absolute atomic E-state index is 11.4. The number of methoxy groups -OCH3 is 1. The lowest BCUT2D eigenvalue weighted by Crippen LogP contribution is -2.01. The molecule has 7 heteroatoms. The first kappa shape index (κ1) is 18.4. The van der Waals surface area contributed by atoms with Crippen molar-refractivity contribution in [3.05, 3.63) is 45.9 Å². The number of rotatable bonds is 6. The van der Waals surface area contributed by atoms with Crippen LogP contribution in [0.5, 0.6) is 11.5 Å². The minimum atomic E-state index is -0.948. The molecular formula is C19H17Cl2NO4. The summed E-state index contributed by atoms with van der Waals surface area (Å²) in [5, 5.41) is 10.9. The van der Waals surface area contributed by atoms with Gasteiger partial charge < -0.3 is 19.6 Å². The van der Waals surface area contributed by atoms with Crippen molar-refractivity contribution in [3.63, 3.8) is 0 Å². The molecule has 3 aromatic rings. The van der Waals surface area contributed by atoms with Gasteiger partial charge in [-0.1, -0.05) is 23.2 Å². The largest absolute Gasteiger partial charge is 0.493 e. The van der Waals surface area contributed by atoms with Crippen LogP contribution in [0.2, 0.25) is 10.0 Å². The average molecular weight is 394 g/mol. The molecule has 26 heavy (non-hydrogen) atoms. The molecule has 0 saturated heterocycles. The molecule has 136 valence electrons. The van der Waals surface area contributed by atoms with Crippen molar-refractivity contribution in [1.29, 1.82) is 0 Å². The SMILES string of the molecule is CCOc1ccc(-c2[nH]c3cc(Cl)cc(Cl)c3c2CC(=O)O)cc1OC. The fraction of sp³-hybridized carbons (Fsp3) is 0.211. The Morgan fingerprint density at radius 3 is 2.62 bits per heavy atom. The molecule has 0 radical (unpaired) electrons. The van der Waals surface area contributed by atoms with Crippen LogP contribution in [0.4, 0.5) is 0 Å². The summed E-state index contributed by atoms with van der Waals surface area (Å²) in [6, 6.07) is 8.77. The number of carboxylic acids is 1. The second kappa shape index (κ2) is 7.48. The first-order valence-electron chi connectivity index (χ1n) is 7.97. The number of H-pyrrole nitrogens is 1. The van der Waals surface area contributed by atoms with Crippen LogP contribution in [-0.4, -0.2) is 29.8 Å². The van der Waals surface area contributed by atoms with E-state index in [1.54, 1.807) is 31.4 Å². The van der Waals surface area contributed by atoms with Crippen molar-refractivity contribution in [3.8, 4) is 22.8 Å². The molecule has 0 aliphatic rings. The Kier molecular flexibility index (Phi) is 5.30. The van der Waals surface area contributed by atoms with Gasteiger partial charge in [-0.15, -0.1) is 0 Å². The number of nitrogens with one attached hydrogen (secondary N) is 1. The normalized spacial score (nSPS) is 10.9.